The first-order valence-electron chi connectivity index (χ1n) is 7.76. The number of rotatable bonds is 5. The Balaban J connectivity index is 1.50. The Labute approximate surface area is 120 Å². The molecular formula is C15H24N4O. The van der Waals surface area contributed by atoms with Gasteiger partial charge in [-0.25, -0.2) is 9.97 Å². The summed E-state index contributed by atoms with van der Waals surface area (Å²) in [6.07, 6.45) is 7.54. The lowest BCUT2D eigenvalue weighted by atomic mass is 9.97. The van der Waals surface area contributed by atoms with Crippen molar-refractivity contribution in [1.29, 1.82) is 0 Å². The number of aryl methyl sites for hydroxylation is 1. The monoisotopic (exact) mass is 276 g/mol. The summed E-state index contributed by atoms with van der Waals surface area (Å²) in [7, 11) is 0. The quantitative estimate of drug-likeness (QED) is 0.843. The minimum atomic E-state index is 0.274. The largest absolute Gasteiger partial charge is 0.395 e. The van der Waals surface area contributed by atoms with Crippen LogP contribution in [0.25, 0.3) is 0 Å². The zero-order valence-electron chi connectivity index (χ0n) is 12.0. The van der Waals surface area contributed by atoms with Crippen molar-refractivity contribution in [2.45, 2.75) is 32.1 Å². The normalized spacial score (nSPS) is 20.1. The van der Waals surface area contributed by atoms with Crippen LogP contribution >= 0.6 is 0 Å². The first-order valence-corrected chi connectivity index (χ1v) is 7.76. The molecule has 5 nitrogen and oxygen atoms in total. The van der Waals surface area contributed by atoms with Crippen LogP contribution in [0.2, 0.25) is 0 Å². The molecule has 0 saturated carbocycles. The highest BCUT2D eigenvalue weighted by Gasteiger charge is 2.20. The minimum absolute atomic E-state index is 0.274. The SMILES string of the molecule is OCCN1CCC(CNc2ncnc3c2CCC3)CC1. The molecule has 1 aliphatic carbocycles. The number of likely N-dealkylation sites (tertiary alicyclic amines) is 1. The Hall–Kier alpha value is -1.20. The Morgan fingerprint density at radius 3 is 2.90 bits per heavy atom. The molecule has 2 heterocycles. The van der Waals surface area contributed by atoms with Gasteiger partial charge in [0.1, 0.15) is 12.1 Å². The molecule has 5 heteroatoms. The van der Waals surface area contributed by atoms with Crippen LogP contribution in [0.5, 0.6) is 0 Å². The summed E-state index contributed by atoms with van der Waals surface area (Å²) < 4.78 is 0. The highest BCUT2D eigenvalue weighted by Crippen LogP contribution is 2.26. The maximum absolute atomic E-state index is 8.96. The second kappa shape index (κ2) is 6.50. The summed E-state index contributed by atoms with van der Waals surface area (Å²) in [4.78, 5) is 11.1. The molecule has 0 spiro atoms. The Kier molecular flexibility index (Phi) is 4.47. The molecular weight excluding hydrogens is 252 g/mol. The third-order valence-electron chi connectivity index (χ3n) is 4.56. The Morgan fingerprint density at radius 1 is 1.25 bits per heavy atom. The first kappa shape index (κ1) is 13.8. The van der Waals surface area contributed by atoms with Crippen LogP contribution < -0.4 is 5.32 Å². The van der Waals surface area contributed by atoms with E-state index in [9.17, 15) is 0 Å². The van der Waals surface area contributed by atoms with Crippen molar-refractivity contribution in [3.05, 3.63) is 17.6 Å². The smallest absolute Gasteiger partial charge is 0.132 e. The van der Waals surface area contributed by atoms with Crippen LogP contribution in [0.1, 0.15) is 30.5 Å². The van der Waals surface area contributed by atoms with E-state index in [1.54, 1.807) is 6.33 Å². The minimum Gasteiger partial charge on any atom is -0.395 e. The average Bonchev–Trinajstić information content (AvgIpc) is 2.96. The highest BCUT2D eigenvalue weighted by molar-refractivity contribution is 5.47. The molecule has 0 unspecified atom stereocenters. The molecule has 0 bridgehead atoms. The number of aromatic nitrogens is 2. The lowest BCUT2D eigenvalue weighted by Gasteiger charge is -2.31. The number of anilines is 1. The summed E-state index contributed by atoms with van der Waals surface area (Å²) in [5, 5.41) is 12.5. The van der Waals surface area contributed by atoms with Crippen LogP contribution in [0.4, 0.5) is 5.82 Å². The van der Waals surface area contributed by atoms with Gasteiger partial charge in [0.25, 0.3) is 0 Å². The molecule has 1 fully saturated rings. The molecule has 0 aromatic carbocycles. The lowest BCUT2D eigenvalue weighted by Crippen LogP contribution is -2.37. The van der Waals surface area contributed by atoms with E-state index in [0.717, 1.165) is 50.8 Å². The molecule has 1 saturated heterocycles. The van der Waals surface area contributed by atoms with Gasteiger partial charge in [0, 0.05) is 24.3 Å². The van der Waals surface area contributed by atoms with Crippen molar-refractivity contribution in [2.24, 2.45) is 5.92 Å². The van der Waals surface area contributed by atoms with Crippen molar-refractivity contribution in [1.82, 2.24) is 14.9 Å². The number of aliphatic hydroxyl groups excluding tert-OH is 1. The maximum Gasteiger partial charge on any atom is 0.132 e. The molecule has 1 aliphatic heterocycles. The van der Waals surface area contributed by atoms with Gasteiger partial charge in [-0.15, -0.1) is 0 Å². The summed E-state index contributed by atoms with van der Waals surface area (Å²) >= 11 is 0. The Bertz CT molecular complexity index is 443. The molecule has 110 valence electrons. The third kappa shape index (κ3) is 3.10. The number of nitrogens with one attached hydrogen (secondary N) is 1. The number of hydrogen-bond acceptors (Lipinski definition) is 5. The van der Waals surface area contributed by atoms with Crippen molar-refractivity contribution in [3.63, 3.8) is 0 Å². The van der Waals surface area contributed by atoms with Crippen molar-refractivity contribution in [2.75, 3.05) is 38.1 Å². The van der Waals surface area contributed by atoms with E-state index in [1.165, 1.54) is 30.5 Å². The second-order valence-corrected chi connectivity index (χ2v) is 5.89. The van der Waals surface area contributed by atoms with Gasteiger partial charge in [0.2, 0.25) is 0 Å². The molecule has 0 amide bonds. The lowest BCUT2D eigenvalue weighted by molar-refractivity contribution is 0.151. The predicted octanol–water partition coefficient (Wildman–Crippen LogP) is 1.08. The van der Waals surface area contributed by atoms with Gasteiger partial charge in [0.15, 0.2) is 0 Å². The van der Waals surface area contributed by atoms with Gasteiger partial charge in [-0.05, 0) is 51.1 Å². The van der Waals surface area contributed by atoms with Crippen LogP contribution in [0.3, 0.4) is 0 Å². The third-order valence-corrected chi connectivity index (χ3v) is 4.56. The van der Waals surface area contributed by atoms with Gasteiger partial charge >= 0.3 is 0 Å². The molecule has 0 atom stereocenters. The van der Waals surface area contributed by atoms with Gasteiger partial charge in [-0.3, -0.25) is 0 Å². The molecule has 2 aliphatic rings. The molecule has 20 heavy (non-hydrogen) atoms. The number of nitrogens with zero attached hydrogens (tertiary/aromatic N) is 3. The van der Waals surface area contributed by atoms with Crippen LogP contribution in [-0.4, -0.2) is 52.8 Å². The van der Waals surface area contributed by atoms with Gasteiger partial charge in [0.05, 0.1) is 6.61 Å². The zero-order valence-corrected chi connectivity index (χ0v) is 12.0. The van der Waals surface area contributed by atoms with E-state index in [-0.39, 0.29) is 6.61 Å². The van der Waals surface area contributed by atoms with Crippen LogP contribution in [-0.2, 0) is 12.8 Å². The summed E-state index contributed by atoms with van der Waals surface area (Å²) in [5.41, 5.74) is 2.57. The number of hydrogen-bond donors (Lipinski definition) is 2. The average molecular weight is 276 g/mol. The van der Waals surface area contributed by atoms with Gasteiger partial charge in [-0.1, -0.05) is 0 Å². The number of β-amino-alcohol motifs (C(OH)–C–C–N with tert-alkyl or cyclic N) is 1. The van der Waals surface area contributed by atoms with E-state index in [2.05, 4.69) is 20.2 Å². The first-order chi connectivity index (χ1) is 9.86. The molecule has 2 N–H and O–H groups in total. The highest BCUT2D eigenvalue weighted by atomic mass is 16.3. The van der Waals surface area contributed by atoms with Crippen LogP contribution in [0, 0.1) is 5.92 Å². The van der Waals surface area contributed by atoms with Crippen LogP contribution in [0.15, 0.2) is 6.33 Å². The number of fused-ring (bicyclic) bond motifs is 1. The summed E-state index contributed by atoms with van der Waals surface area (Å²) in [6, 6.07) is 0. The second-order valence-electron chi connectivity index (χ2n) is 5.89. The van der Waals surface area contributed by atoms with E-state index >= 15 is 0 Å². The number of piperidine rings is 1. The van der Waals surface area contributed by atoms with Gasteiger partial charge < -0.3 is 15.3 Å². The van der Waals surface area contributed by atoms with E-state index in [0.29, 0.717) is 0 Å². The Morgan fingerprint density at radius 2 is 2.10 bits per heavy atom. The fourth-order valence-corrected chi connectivity index (χ4v) is 3.31. The molecule has 1 aromatic heterocycles. The standard InChI is InChI=1S/C15H24N4O/c20-9-8-19-6-4-12(5-7-19)10-16-15-13-2-1-3-14(13)17-11-18-15/h11-12,20H,1-10H2,(H,16,17,18). The van der Waals surface area contributed by atoms with E-state index in [1.807, 2.05) is 0 Å². The summed E-state index contributed by atoms with van der Waals surface area (Å²) in [6.45, 7) is 4.32. The van der Waals surface area contributed by atoms with Crippen molar-refractivity contribution >= 4 is 5.82 Å². The molecule has 3 rings (SSSR count). The molecule has 1 aromatic rings. The maximum atomic E-state index is 8.96. The van der Waals surface area contributed by atoms with E-state index < -0.39 is 0 Å². The fourth-order valence-electron chi connectivity index (χ4n) is 3.31. The summed E-state index contributed by atoms with van der Waals surface area (Å²) in [5.74, 6) is 1.78. The van der Waals surface area contributed by atoms with Crippen molar-refractivity contribution < 1.29 is 5.11 Å². The van der Waals surface area contributed by atoms with Gasteiger partial charge in [-0.2, -0.15) is 0 Å². The molecule has 0 radical (unpaired) electrons. The topological polar surface area (TPSA) is 61.3 Å². The van der Waals surface area contributed by atoms with Crippen molar-refractivity contribution in [3.8, 4) is 0 Å². The number of aliphatic hydroxyl groups is 1. The predicted molar refractivity (Wildman–Crippen MR) is 78.8 cm³/mol. The fraction of sp³-hybridized carbons (Fsp3) is 0.733. The van der Waals surface area contributed by atoms with E-state index in [4.69, 9.17) is 5.11 Å². The zero-order chi connectivity index (χ0) is 13.8.